The number of aryl methyl sites for hydroxylation is 1. The number of carbonyl (C=O) groups is 1. The maximum Gasteiger partial charge on any atom is 0.281 e. The van der Waals surface area contributed by atoms with Crippen LogP contribution in [0.15, 0.2) is 59.1 Å². The fourth-order valence-corrected chi connectivity index (χ4v) is 3.55. The van der Waals surface area contributed by atoms with Gasteiger partial charge in [0, 0.05) is 11.6 Å². The number of benzene rings is 2. The number of rotatable bonds is 5. The molecular weight excluding hydrogens is 371 g/mol. The van der Waals surface area contributed by atoms with Gasteiger partial charge in [-0.2, -0.15) is 0 Å². The summed E-state index contributed by atoms with van der Waals surface area (Å²) in [5.74, 6) is 0.0179. The summed E-state index contributed by atoms with van der Waals surface area (Å²) in [6.07, 6.45) is 0. The summed E-state index contributed by atoms with van der Waals surface area (Å²) < 4.78 is 19.2. The van der Waals surface area contributed by atoms with Crippen LogP contribution in [0.25, 0.3) is 11.3 Å². The second kappa shape index (κ2) is 8.45. The van der Waals surface area contributed by atoms with Gasteiger partial charge in [-0.05, 0) is 19.1 Å². The molecule has 1 amide bonds. The summed E-state index contributed by atoms with van der Waals surface area (Å²) in [7, 11) is 0. The van der Waals surface area contributed by atoms with Gasteiger partial charge in [-0.3, -0.25) is 10.1 Å². The maximum absolute atomic E-state index is 13.9. The first kappa shape index (κ1) is 19.1. The van der Waals surface area contributed by atoms with Gasteiger partial charge in [0.15, 0.2) is 6.54 Å². The van der Waals surface area contributed by atoms with Gasteiger partial charge in [-0.15, -0.1) is 0 Å². The highest BCUT2D eigenvalue weighted by Crippen LogP contribution is 2.22. The van der Waals surface area contributed by atoms with Gasteiger partial charge >= 0.3 is 0 Å². The number of hydrogen-bond donors (Lipinski definition) is 2. The van der Waals surface area contributed by atoms with E-state index < -0.39 is 0 Å². The Morgan fingerprint density at radius 2 is 1.90 bits per heavy atom. The lowest BCUT2D eigenvalue weighted by Crippen LogP contribution is -3.15. The lowest BCUT2D eigenvalue weighted by molar-refractivity contribution is -0.892. The molecule has 0 aliphatic carbocycles. The van der Waals surface area contributed by atoms with Crippen LogP contribution < -0.4 is 15.1 Å². The minimum atomic E-state index is -0.205. The monoisotopic (exact) mass is 395 g/mol. The predicted molar refractivity (Wildman–Crippen MR) is 109 cm³/mol. The van der Waals surface area contributed by atoms with Crippen molar-refractivity contribution in [2.75, 3.05) is 42.9 Å². The Morgan fingerprint density at radius 1 is 1.17 bits per heavy atom. The number of aromatic nitrogens is 1. The first-order valence-electron chi connectivity index (χ1n) is 9.75. The molecule has 1 aromatic heterocycles. The number of amides is 1. The standard InChI is InChI=1S/C22H23FN4O2/c1-16-6-8-17(9-7-16)19-14-22(29-25-19)24-21(28)15-26-10-12-27(13-11-26)20-5-3-2-4-18(20)23/h2-9,14H,10-13,15H2,1H3,(H,24,28)/p+1. The molecule has 0 bridgehead atoms. The number of para-hydroxylation sites is 1. The molecule has 2 heterocycles. The zero-order valence-electron chi connectivity index (χ0n) is 16.3. The van der Waals surface area contributed by atoms with E-state index in [9.17, 15) is 9.18 Å². The van der Waals surface area contributed by atoms with E-state index in [2.05, 4.69) is 10.5 Å². The summed E-state index contributed by atoms with van der Waals surface area (Å²) in [6.45, 7) is 5.33. The Morgan fingerprint density at radius 3 is 2.62 bits per heavy atom. The largest absolute Gasteiger partial charge is 0.358 e. The Hall–Kier alpha value is -3.19. The molecule has 7 heteroatoms. The van der Waals surface area contributed by atoms with Gasteiger partial charge in [0.25, 0.3) is 5.91 Å². The summed E-state index contributed by atoms with van der Waals surface area (Å²) in [6, 6.07) is 16.5. The molecule has 0 unspecified atom stereocenters. The van der Waals surface area contributed by atoms with E-state index in [1.807, 2.05) is 42.2 Å². The number of anilines is 2. The maximum atomic E-state index is 13.9. The Bertz CT molecular complexity index is 978. The third-order valence-corrected chi connectivity index (χ3v) is 5.19. The highest BCUT2D eigenvalue weighted by atomic mass is 19.1. The smallest absolute Gasteiger partial charge is 0.281 e. The SMILES string of the molecule is Cc1ccc(-c2cc(NC(=O)C[NH+]3CCN(c4ccccc4F)CC3)on2)cc1. The molecule has 2 N–H and O–H groups in total. The highest BCUT2D eigenvalue weighted by molar-refractivity contribution is 5.90. The zero-order valence-corrected chi connectivity index (χ0v) is 16.3. The molecule has 3 aromatic rings. The number of piperazine rings is 1. The molecule has 0 saturated carbocycles. The Balaban J connectivity index is 1.29. The first-order chi connectivity index (χ1) is 14.1. The number of hydrogen-bond acceptors (Lipinski definition) is 4. The van der Waals surface area contributed by atoms with Crippen LogP contribution in [0, 0.1) is 12.7 Å². The lowest BCUT2D eigenvalue weighted by Gasteiger charge is -2.33. The van der Waals surface area contributed by atoms with Crippen LogP contribution in [-0.2, 0) is 4.79 Å². The summed E-state index contributed by atoms with van der Waals surface area (Å²) in [5.41, 5.74) is 3.42. The third kappa shape index (κ3) is 4.63. The van der Waals surface area contributed by atoms with E-state index in [1.54, 1.807) is 18.2 Å². The zero-order chi connectivity index (χ0) is 20.2. The molecule has 150 valence electrons. The molecule has 2 aromatic carbocycles. The molecular formula is C22H24FN4O2+. The van der Waals surface area contributed by atoms with Crippen molar-refractivity contribution in [1.29, 1.82) is 0 Å². The van der Waals surface area contributed by atoms with Gasteiger partial charge in [0.2, 0.25) is 5.88 Å². The Labute approximate surface area is 168 Å². The average Bonchev–Trinajstić information content (AvgIpc) is 3.18. The van der Waals surface area contributed by atoms with Crippen LogP contribution in [0.2, 0.25) is 0 Å². The Kier molecular flexibility index (Phi) is 5.57. The minimum Gasteiger partial charge on any atom is -0.358 e. The number of halogens is 1. The fourth-order valence-electron chi connectivity index (χ4n) is 3.55. The molecule has 1 aliphatic heterocycles. The van der Waals surface area contributed by atoms with Crippen molar-refractivity contribution in [2.24, 2.45) is 0 Å². The molecule has 1 fully saturated rings. The van der Waals surface area contributed by atoms with Crippen molar-refractivity contribution in [2.45, 2.75) is 6.92 Å². The van der Waals surface area contributed by atoms with Crippen molar-refractivity contribution in [3.63, 3.8) is 0 Å². The van der Waals surface area contributed by atoms with Gasteiger partial charge in [0.1, 0.15) is 11.5 Å². The van der Waals surface area contributed by atoms with E-state index in [4.69, 9.17) is 4.52 Å². The second-order valence-electron chi connectivity index (χ2n) is 7.36. The normalized spacial score (nSPS) is 14.8. The van der Waals surface area contributed by atoms with Crippen LogP contribution in [-0.4, -0.2) is 43.8 Å². The van der Waals surface area contributed by atoms with E-state index >= 15 is 0 Å². The average molecular weight is 395 g/mol. The third-order valence-electron chi connectivity index (χ3n) is 5.19. The summed E-state index contributed by atoms with van der Waals surface area (Å²) in [4.78, 5) is 15.6. The van der Waals surface area contributed by atoms with Crippen molar-refractivity contribution >= 4 is 17.5 Å². The molecule has 0 radical (unpaired) electrons. The molecule has 29 heavy (non-hydrogen) atoms. The predicted octanol–water partition coefficient (Wildman–Crippen LogP) is 2.13. The molecule has 1 aliphatic rings. The van der Waals surface area contributed by atoms with Crippen molar-refractivity contribution in [1.82, 2.24) is 5.16 Å². The van der Waals surface area contributed by atoms with E-state index in [0.29, 0.717) is 36.9 Å². The summed E-state index contributed by atoms with van der Waals surface area (Å²) >= 11 is 0. The fraction of sp³-hybridized carbons (Fsp3) is 0.273. The number of nitrogens with one attached hydrogen (secondary N) is 2. The number of quaternary nitrogens is 1. The molecule has 1 saturated heterocycles. The first-order valence-corrected chi connectivity index (χ1v) is 9.75. The van der Waals surface area contributed by atoms with Crippen LogP contribution in [0.3, 0.4) is 0 Å². The van der Waals surface area contributed by atoms with Crippen LogP contribution in [0.5, 0.6) is 0 Å². The van der Waals surface area contributed by atoms with Gasteiger partial charge in [-0.1, -0.05) is 47.1 Å². The molecule has 0 atom stereocenters. The van der Waals surface area contributed by atoms with Crippen LogP contribution >= 0.6 is 0 Å². The van der Waals surface area contributed by atoms with Crippen molar-refractivity contribution < 1.29 is 18.6 Å². The molecule has 4 rings (SSSR count). The van der Waals surface area contributed by atoms with Crippen molar-refractivity contribution in [3.05, 3.63) is 66.0 Å². The number of nitrogens with zero attached hydrogens (tertiary/aromatic N) is 2. The van der Waals surface area contributed by atoms with Crippen LogP contribution in [0.4, 0.5) is 16.0 Å². The second-order valence-corrected chi connectivity index (χ2v) is 7.36. The van der Waals surface area contributed by atoms with Crippen molar-refractivity contribution in [3.8, 4) is 11.3 Å². The molecule has 6 nitrogen and oxygen atoms in total. The van der Waals surface area contributed by atoms with Gasteiger partial charge in [-0.25, -0.2) is 4.39 Å². The highest BCUT2D eigenvalue weighted by Gasteiger charge is 2.24. The number of carbonyl (C=O) groups excluding carboxylic acids is 1. The minimum absolute atomic E-state index is 0.119. The van der Waals surface area contributed by atoms with Crippen LogP contribution in [0.1, 0.15) is 5.56 Å². The van der Waals surface area contributed by atoms with E-state index in [-0.39, 0.29) is 11.7 Å². The lowest BCUT2D eigenvalue weighted by atomic mass is 10.1. The topological polar surface area (TPSA) is 62.8 Å². The van der Waals surface area contributed by atoms with Gasteiger partial charge < -0.3 is 14.3 Å². The van der Waals surface area contributed by atoms with Gasteiger partial charge in [0.05, 0.1) is 31.9 Å². The van der Waals surface area contributed by atoms with E-state index in [0.717, 1.165) is 23.6 Å². The summed E-state index contributed by atoms with van der Waals surface area (Å²) in [5, 5.41) is 6.81. The van der Waals surface area contributed by atoms with E-state index in [1.165, 1.54) is 11.6 Å². The quantitative estimate of drug-likeness (QED) is 0.695. The molecule has 0 spiro atoms.